The molecule has 0 bridgehead atoms. The summed E-state index contributed by atoms with van der Waals surface area (Å²) < 4.78 is 0. The van der Waals surface area contributed by atoms with E-state index in [0.29, 0.717) is 0 Å². The van der Waals surface area contributed by atoms with Gasteiger partial charge in [0.15, 0.2) is 21.7 Å². The van der Waals surface area contributed by atoms with Crippen molar-refractivity contribution in [3.63, 3.8) is 0 Å². The lowest BCUT2D eigenvalue weighted by molar-refractivity contribution is 1.34. The minimum atomic E-state index is -0.556. The molecule has 0 aliphatic heterocycles. The van der Waals surface area contributed by atoms with Gasteiger partial charge in [-0.2, -0.15) is 0 Å². The van der Waals surface area contributed by atoms with Crippen LogP contribution in [0.3, 0.4) is 0 Å². The van der Waals surface area contributed by atoms with Crippen molar-refractivity contribution in [1.82, 2.24) is 0 Å². The van der Waals surface area contributed by atoms with Crippen molar-refractivity contribution < 1.29 is 0 Å². The minimum Gasteiger partial charge on any atom is -0.288 e. The molecule has 0 unspecified atom stereocenters. The first-order valence-electron chi connectivity index (χ1n) is 7.13. The predicted molar refractivity (Wildman–Crippen MR) is 88.9 cm³/mol. The van der Waals surface area contributed by atoms with E-state index in [1.807, 2.05) is 0 Å². The van der Waals surface area contributed by atoms with Gasteiger partial charge in [-0.05, 0) is 13.0 Å². The van der Waals surface area contributed by atoms with Crippen LogP contribution in [0.5, 0.6) is 0 Å². The van der Waals surface area contributed by atoms with Crippen LogP contribution in [-0.2, 0) is 0 Å². The van der Waals surface area contributed by atoms with Crippen LogP contribution < -0.4 is 21.7 Å². The number of fused-ring (bicyclic) bond motifs is 2. The second-order valence-electron chi connectivity index (χ2n) is 5.66. The molecule has 2 aliphatic rings. The molecule has 4 rings (SSSR count). The van der Waals surface area contributed by atoms with Gasteiger partial charge in [-0.25, -0.2) is 0 Å². The van der Waals surface area contributed by atoms with Gasteiger partial charge >= 0.3 is 0 Å². The van der Waals surface area contributed by atoms with E-state index in [1.165, 1.54) is 18.2 Å². The fourth-order valence-corrected chi connectivity index (χ4v) is 3.12. The van der Waals surface area contributed by atoms with Crippen LogP contribution in [0.2, 0.25) is 0 Å². The van der Waals surface area contributed by atoms with Crippen LogP contribution in [0.25, 0.3) is 21.5 Å². The first-order valence-corrected chi connectivity index (χ1v) is 7.13. The quantitative estimate of drug-likeness (QED) is 0.491. The van der Waals surface area contributed by atoms with E-state index < -0.39 is 21.7 Å². The molecule has 23 heavy (non-hydrogen) atoms. The highest BCUT2D eigenvalue weighted by Crippen LogP contribution is 2.10. The predicted octanol–water partition coefficient (Wildman–Crippen LogP) is 1.34. The molecule has 0 spiro atoms. The van der Waals surface area contributed by atoms with Gasteiger partial charge in [0, 0.05) is 21.5 Å². The van der Waals surface area contributed by atoms with Crippen LogP contribution in [0, 0.1) is 17.4 Å². The third-order valence-corrected chi connectivity index (χ3v) is 4.24. The van der Waals surface area contributed by atoms with E-state index in [2.05, 4.69) is 0 Å². The molecule has 2 aromatic rings. The molecule has 2 aliphatic carbocycles. The van der Waals surface area contributed by atoms with Gasteiger partial charge in [-0.3, -0.25) is 19.2 Å². The van der Waals surface area contributed by atoms with Gasteiger partial charge < -0.3 is 0 Å². The lowest BCUT2D eigenvalue weighted by Gasteiger charge is -2.01. The van der Waals surface area contributed by atoms with Crippen molar-refractivity contribution in [2.75, 3.05) is 0 Å². The summed E-state index contributed by atoms with van der Waals surface area (Å²) in [6, 6.07) is 11.1. The molecule has 0 fully saturated rings. The fraction of sp³-hybridized carbons (Fsp3) is 0.0526. The third-order valence-electron chi connectivity index (χ3n) is 4.24. The van der Waals surface area contributed by atoms with Crippen molar-refractivity contribution in [3.8, 4) is 0 Å². The molecule has 4 heteroatoms. The lowest BCUT2D eigenvalue weighted by atomic mass is 9.99. The number of hydrogen-bond donors (Lipinski definition) is 0. The van der Waals surface area contributed by atoms with E-state index in [1.54, 1.807) is 31.2 Å². The Bertz CT molecular complexity index is 1390. The average molecular weight is 302 g/mol. The molecule has 0 saturated carbocycles. The summed E-state index contributed by atoms with van der Waals surface area (Å²) in [4.78, 5) is 50.7. The van der Waals surface area contributed by atoms with Gasteiger partial charge in [0.25, 0.3) is 0 Å². The normalized spacial score (nSPS) is 11.5. The maximum atomic E-state index is 12.7. The Hall–Kier alpha value is -3.14. The third kappa shape index (κ3) is 1.66. The summed E-state index contributed by atoms with van der Waals surface area (Å²) >= 11 is 0. The minimum absolute atomic E-state index is 0.174. The fourth-order valence-electron chi connectivity index (χ4n) is 3.12. The van der Waals surface area contributed by atoms with Crippen molar-refractivity contribution in [2.24, 2.45) is 0 Å². The zero-order valence-electron chi connectivity index (χ0n) is 12.2. The van der Waals surface area contributed by atoms with E-state index in [9.17, 15) is 19.2 Å². The van der Waals surface area contributed by atoms with Crippen LogP contribution in [0.1, 0.15) is 5.56 Å². The summed E-state index contributed by atoms with van der Waals surface area (Å²) in [6.45, 7) is 1.80. The van der Waals surface area contributed by atoms with Crippen molar-refractivity contribution >= 4 is 21.5 Å². The number of benzene rings is 2. The number of hydrogen-bond acceptors (Lipinski definition) is 4. The second-order valence-corrected chi connectivity index (χ2v) is 5.66. The van der Waals surface area contributed by atoms with Crippen LogP contribution in [-0.4, -0.2) is 0 Å². The van der Waals surface area contributed by atoms with Gasteiger partial charge in [-0.1, -0.05) is 42.0 Å². The Morgan fingerprint density at radius 3 is 1.52 bits per heavy atom. The first-order chi connectivity index (χ1) is 11.0. The van der Waals surface area contributed by atoms with Crippen molar-refractivity contribution in [2.45, 2.75) is 6.92 Å². The topological polar surface area (TPSA) is 68.3 Å². The smallest absolute Gasteiger partial charge is 0.198 e. The van der Waals surface area contributed by atoms with E-state index in [-0.39, 0.29) is 32.0 Å². The Labute approximate surface area is 128 Å². The Morgan fingerprint density at radius 1 is 0.565 bits per heavy atom. The Kier molecular flexibility index (Phi) is 2.60. The summed E-state index contributed by atoms with van der Waals surface area (Å²) in [5.74, 6) is 0. The van der Waals surface area contributed by atoms with Crippen LogP contribution in [0.15, 0.2) is 61.6 Å². The summed E-state index contributed by atoms with van der Waals surface area (Å²) in [5, 5.41) is 0.127. The molecule has 0 heterocycles. The largest absolute Gasteiger partial charge is 0.288 e. The zero-order chi connectivity index (χ0) is 16.3. The van der Waals surface area contributed by atoms with Gasteiger partial charge in [0.05, 0.1) is 10.4 Å². The van der Waals surface area contributed by atoms with Crippen LogP contribution in [0.4, 0.5) is 0 Å². The highest BCUT2D eigenvalue weighted by molar-refractivity contribution is 5.86. The number of rotatable bonds is 0. The molecule has 0 atom stereocenters. The zero-order valence-corrected chi connectivity index (χ0v) is 12.2. The molecule has 0 N–H and O–H groups in total. The van der Waals surface area contributed by atoms with Gasteiger partial charge in [-0.15, -0.1) is 0 Å². The molecule has 4 nitrogen and oxygen atoms in total. The Morgan fingerprint density at radius 2 is 1.00 bits per heavy atom. The molecule has 0 aromatic heterocycles. The van der Waals surface area contributed by atoms with Gasteiger partial charge in [0.2, 0.25) is 0 Å². The molecule has 0 amide bonds. The van der Waals surface area contributed by atoms with E-state index >= 15 is 0 Å². The maximum absolute atomic E-state index is 12.7. The average Bonchev–Trinajstić information content (AvgIpc) is 2.56. The molecule has 0 saturated heterocycles. The first kappa shape index (κ1) is 13.5. The summed E-state index contributed by atoms with van der Waals surface area (Å²) in [6.07, 6.45) is 0. The molecule has 110 valence electrons. The SMILES string of the molecule is Cc1ccc2c(=O)c3c(=O)c4ccccc4c(=O)c=3c(=O)c2c1. The summed E-state index contributed by atoms with van der Waals surface area (Å²) in [5.41, 5.74) is -1.40. The second kappa shape index (κ2) is 4.43. The Balaban J connectivity index is 2.59. The van der Waals surface area contributed by atoms with E-state index in [4.69, 9.17) is 0 Å². The maximum Gasteiger partial charge on any atom is 0.198 e. The standard InChI is InChI=1S/C19H10O4/c1-9-6-7-12-13(8-9)19(23)15-14(18(12)22)16(20)10-4-2-3-5-11(10)17(15)21/h2-8H,1H3. The van der Waals surface area contributed by atoms with Crippen LogP contribution >= 0.6 is 0 Å². The monoisotopic (exact) mass is 302 g/mol. The summed E-state index contributed by atoms with van der Waals surface area (Å²) in [7, 11) is 0. The molecular formula is C19H10O4. The number of aryl methyl sites for hydroxylation is 1. The highest BCUT2D eigenvalue weighted by atomic mass is 16.1. The lowest BCUT2D eigenvalue weighted by Crippen LogP contribution is -2.29. The molecule has 0 radical (unpaired) electrons. The molecular weight excluding hydrogens is 292 g/mol. The van der Waals surface area contributed by atoms with Crippen molar-refractivity contribution in [1.29, 1.82) is 0 Å². The highest BCUT2D eigenvalue weighted by Gasteiger charge is 2.16. The van der Waals surface area contributed by atoms with Crippen molar-refractivity contribution in [3.05, 3.63) is 99.4 Å². The van der Waals surface area contributed by atoms with E-state index in [0.717, 1.165) is 5.56 Å². The van der Waals surface area contributed by atoms with Gasteiger partial charge in [0.1, 0.15) is 0 Å². The molecule has 2 aromatic carbocycles.